The molecule has 1 heterocycles. The number of rotatable bonds is 4. The lowest BCUT2D eigenvalue weighted by Crippen LogP contribution is -2.36. The molecule has 120 valence electrons. The molecule has 22 heavy (non-hydrogen) atoms. The van der Waals surface area contributed by atoms with Crippen LogP contribution in [0, 0.1) is 0 Å². The summed E-state index contributed by atoms with van der Waals surface area (Å²) in [6, 6.07) is 8.16. The number of H-pyrrole nitrogens is 1. The van der Waals surface area contributed by atoms with Crippen LogP contribution in [0.2, 0.25) is 0 Å². The highest BCUT2D eigenvalue weighted by Gasteiger charge is 2.16. The molecule has 0 saturated heterocycles. The molecule has 2 rings (SSSR count). The molecule has 1 atom stereocenters. The van der Waals surface area contributed by atoms with E-state index < -0.39 is 22.4 Å². The van der Waals surface area contributed by atoms with E-state index in [0.29, 0.717) is 12.2 Å². The number of para-hydroxylation sites is 1. The van der Waals surface area contributed by atoms with Crippen LogP contribution in [0.25, 0.3) is 0 Å². The monoisotopic (exact) mass is 329 g/mol. The molecular formula is C12H15N3O6S. The van der Waals surface area contributed by atoms with Gasteiger partial charge in [0.15, 0.2) is 0 Å². The van der Waals surface area contributed by atoms with Gasteiger partial charge in [0.05, 0.1) is 6.33 Å². The molecule has 0 spiro atoms. The second-order valence-corrected chi connectivity index (χ2v) is 4.97. The molecule has 0 radical (unpaired) electrons. The number of carbonyl (C=O) groups excluding carboxylic acids is 1. The lowest BCUT2D eigenvalue weighted by molar-refractivity contribution is -0.135. The number of nitrogens with one attached hydrogen (secondary N) is 1. The number of benzene rings is 1. The van der Waals surface area contributed by atoms with Crippen molar-refractivity contribution in [3.05, 3.63) is 48.5 Å². The Morgan fingerprint density at radius 1 is 1.32 bits per heavy atom. The predicted molar refractivity (Wildman–Crippen MR) is 76.5 cm³/mol. The van der Waals surface area contributed by atoms with Gasteiger partial charge < -0.3 is 15.5 Å². The molecule has 0 bridgehead atoms. The molecular weight excluding hydrogens is 314 g/mol. The van der Waals surface area contributed by atoms with Gasteiger partial charge in [0.25, 0.3) is 0 Å². The van der Waals surface area contributed by atoms with E-state index in [0.717, 1.165) is 5.69 Å². The quantitative estimate of drug-likeness (QED) is 0.353. The lowest BCUT2D eigenvalue weighted by atomic mass is 10.2. The Morgan fingerprint density at radius 3 is 2.41 bits per heavy atom. The first kappa shape index (κ1) is 17.8. The van der Waals surface area contributed by atoms with Gasteiger partial charge in [0, 0.05) is 18.3 Å². The smallest absolute Gasteiger partial charge is 0.394 e. The third kappa shape index (κ3) is 8.11. The molecule has 2 aromatic rings. The molecule has 1 aromatic carbocycles. The summed E-state index contributed by atoms with van der Waals surface area (Å²) >= 11 is 0. The molecule has 0 aliphatic heterocycles. The third-order valence-corrected chi connectivity index (χ3v) is 2.26. The zero-order valence-corrected chi connectivity index (χ0v) is 12.1. The van der Waals surface area contributed by atoms with E-state index in [1.807, 2.05) is 6.07 Å². The largest absolute Gasteiger partial charge is 0.425 e. The van der Waals surface area contributed by atoms with Crippen LogP contribution in [0.1, 0.15) is 5.69 Å². The maximum Gasteiger partial charge on any atom is 0.394 e. The van der Waals surface area contributed by atoms with E-state index in [1.54, 1.807) is 36.8 Å². The molecule has 10 heteroatoms. The summed E-state index contributed by atoms with van der Waals surface area (Å²) in [6.45, 7) is 0. The Balaban J connectivity index is 0.000000422. The Labute approximate surface area is 126 Å². The van der Waals surface area contributed by atoms with E-state index in [1.165, 1.54) is 0 Å². The maximum absolute atomic E-state index is 11.7. The molecule has 0 aliphatic rings. The van der Waals surface area contributed by atoms with E-state index >= 15 is 0 Å². The Hall–Kier alpha value is -2.27. The van der Waals surface area contributed by atoms with Gasteiger partial charge in [-0.15, -0.1) is 0 Å². The fourth-order valence-electron chi connectivity index (χ4n) is 1.40. The van der Waals surface area contributed by atoms with E-state index in [9.17, 15) is 4.79 Å². The summed E-state index contributed by atoms with van der Waals surface area (Å²) in [5.41, 5.74) is 6.54. The van der Waals surface area contributed by atoms with Crippen molar-refractivity contribution >= 4 is 16.4 Å². The van der Waals surface area contributed by atoms with Gasteiger partial charge in [0.1, 0.15) is 11.8 Å². The van der Waals surface area contributed by atoms with Gasteiger partial charge in [-0.1, -0.05) is 18.2 Å². The van der Waals surface area contributed by atoms with Gasteiger partial charge in [-0.05, 0) is 12.1 Å². The van der Waals surface area contributed by atoms with Crippen LogP contribution >= 0.6 is 0 Å². The van der Waals surface area contributed by atoms with Crippen LogP contribution in [0.4, 0.5) is 0 Å². The molecule has 1 aromatic heterocycles. The number of esters is 1. The molecule has 0 saturated carbocycles. The minimum absolute atomic E-state index is 0.381. The minimum Gasteiger partial charge on any atom is -0.425 e. The Bertz CT molecular complexity index is 664. The summed E-state index contributed by atoms with van der Waals surface area (Å²) in [4.78, 5) is 18.4. The standard InChI is InChI=1S/C12H13N3O2.H2O4S/c13-11(6-9-7-14-8-15-9)12(16)17-10-4-2-1-3-5-10;1-5(2,3)4/h1-5,7-8,11H,6,13H2,(H,14,15);(H2,1,2,3,4)/t11-;/m0./s1. The number of nitrogens with two attached hydrogens (primary N) is 1. The average Bonchev–Trinajstić information content (AvgIpc) is 2.90. The summed E-state index contributed by atoms with van der Waals surface area (Å²) in [5.74, 6) is 0.0448. The highest BCUT2D eigenvalue weighted by atomic mass is 32.3. The first-order valence-corrected chi connectivity index (χ1v) is 7.35. The van der Waals surface area contributed by atoms with E-state index in [2.05, 4.69) is 9.97 Å². The zero-order valence-electron chi connectivity index (χ0n) is 11.3. The number of imidazole rings is 1. The maximum atomic E-state index is 11.7. The van der Waals surface area contributed by atoms with Gasteiger partial charge in [-0.25, -0.2) is 9.78 Å². The van der Waals surface area contributed by atoms with Crippen molar-refractivity contribution in [2.45, 2.75) is 12.5 Å². The van der Waals surface area contributed by atoms with Gasteiger partial charge >= 0.3 is 16.4 Å². The predicted octanol–water partition coefficient (Wildman–Crippen LogP) is 0.232. The SMILES string of the molecule is N[C@@H](Cc1cnc[nH]1)C(=O)Oc1ccccc1.O=S(=O)(O)O. The minimum atomic E-state index is -4.67. The topological polar surface area (TPSA) is 156 Å². The summed E-state index contributed by atoms with van der Waals surface area (Å²) in [5, 5.41) is 0. The van der Waals surface area contributed by atoms with Crippen molar-refractivity contribution in [3.63, 3.8) is 0 Å². The second-order valence-electron chi connectivity index (χ2n) is 4.07. The molecule has 0 fully saturated rings. The van der Waals surface area contributed by atoms with Crippen molar-refractivity contribution < 1.29 is 27.1 Å². The van der Waals surface area contributed by atoms with Gasteiger partial charge in [0.2, 0.25) is 0 Å². The first-order chi connectivity index (χ1) is 10.3. The molecule has 5 N–H and O–H groups in total. The number of hydrogen-bond donors (Lipinski definition) is 4. The highest BCUT2D eigenvalue weighted by Crippen LogP contribution is 2.09. The van der Waals surface area contributed by atoms with Crippen LogP contribution < -0.4 is 10.5 Å². The first-order valence-electron chi connectivity index (χ1n) is 5.95. The number of carbonyl (C=O) groups is 1. The van der Waals surface area contributed by atoms with Crippen LogP contribution in [0.5, 0.6) is 5.75 Å². The highest BCUT2D eigenvalue weighted by molar-refractivity contribution is 7.79. The molecule has 0 amide bonds. The normalized spacial score (nSPS) is 12.0. The second kappa shape index (κ2) is 8.24. The van der Waals surface area contributed by atoms with Crippen molar-refractivity contribution in [3.8, 4) is 5.75 Å². The van der Waals surface area contributed by atoms with Crippen LogP contribution in [0.3, 0.4) is 0 Å². The fraction of sp³-hybridized carbons (Fsp3) is 0.167. The average molecular weight is 329 g/mol. The van der Waals surface area contributed by atoms with Crippen LogP contribution in [-0.2, 0) is 21.6 Å². The molecule has 0 aliphatic carbocycles. The summed E-state index contributed by atoms with van der Waals surface area (Å²) < 4.78 is 36.7. The van der Waals surface area contributed by atoms with E-state index in [4.69, 9.17) is 28.0 Å². The summed E-state index contributed by atoms with van der Waals surface area (Å²) in [7, 11) is -4.67. The third-order valence-electron chi connectivity index (χ3n) is 2.26. The number of ether oxygens (including phenoxy) is 1. The molecule has 0 unspecified atom stereocenters. The van der Waals surface area contributed by atoms with Gasteiger partial charge in [-0.3, -0.25) is 9.11 Å². The number of aromatic amines is 1. The zero-order chi connectivity index (χ0) is 16.6. The lowest BCUT2D eigenvalue weighted by Gasteiger charge is -2.09. The number of aromatic nitrogens is 2. The van der Waals surface area contributed by atoms with Crippen molar-refractivity contribution in [2.24, 2.45) is 5.73 Å². The summed E-state index contributed by atoms with van der Waals surface area (Å²) in [6.07, 6.45) is 3.56. The van der Waals surface area contributed by atoms with Crippen LogP contribution in [0.15, 0.2) is 42.9 Å². The van der Waals surface area contributed by atoms with Crippen LogP contribution in [-0.4, -0.2) is 39.5 Å². The molecule has 9 nitrogen and oxygen atoms in total. The van der Waals surface area contributed by atoms with Gasteiger partial charge in [-0.2, -0.15) is 8.42 Å². The van der Waals surface area contributed by atoms with E-state index in [-0.39, 0.29) is 0 Å². The Kier molecular flexibility index (Phi) is 6.66. The Morgan fingerprint density at radius 2 is 1.91 bits per heavy atom. The van der Waals surface area contributed by atoms with Crippen molar-refractivity contribution in [1.82, 2.24) is 9.97 Å². The number of nitrogens with zero attached hydrogens (tertiary/aromatic N) is 1. The number of hydrogen-bond acceptors (Lipinski definition) is 6. The fourth-order valence-corrected chi connectivity index (χ4v) is 1.40. The van der Waals surface area contributed by atoms with Crippen molar-refractivity contribution in [1.29, 1.82) is 0 Å². The van der Waals surface area contributed by atoms with Crippen molar-refractivity contribution in [2.75, 3.05) is 0 Å².